The smallest absolute Gasteiger partial charge is 0.325 e. The predicted octanol–water partition coefficient (Wildman–Crippen LogP) is 1.52. The summed E-state index contributed by atoms with van der Waals surface area (Å²) in [5, 5.41) is 20.7. The molecule has 1 aromatic heterocycles. The zero-order valence-corrected chi connectivity index (χ0v) is 12.7. The second-order valence-corrected chi connectivity index (χ2v) is 4.96. The molecular weight excluding hydrogens is 310 g/mol. The molecule has 0 spiro atoms. The van der Waals surface area contributed by atoms with E-state index in [0.717, 1.165) is 11.6 Å². The molecule has 7 nitrogen and oxygen atoms in total. The summed E-state index contributed by atoms with van der Waals surface area (Å²) in [6, 6.07) is 11.6. The molecular formula is C17H17N3O4. The summed E-state index contributed by atoms with van der Waals surface area (Å²) in [4.78, 5) is 26.4. The van der Waals surface area contributed by atoms with Crippen LogP contribution >= 0.6 is 0 Å². The van der Waals surface area contributed by atoms with Gasteiger partial charge in [0.25, 0.3) is 5.91 Å². The first-order chi connectivity index (χ1) is 11.6. The van der Waals surface area contributed by atoms with Crippen molar-refractivity contribution in [2.45, 2.75) is 12.6 Å². The molecule has 24 heavy (non-hydrogen) atoms. The van der Waals surface area contributed by atoms with E-state index in [0.29, 0.717) is 17.8 Å². The average molecular weight is 327 g/mol. The molecule has 1 heterocycles. The molecule has 7 heteroatoms. The zero-order chi connectivity index (χ0) is 17.4. The number of hydrogen-bond acceptors (Lipinski definition) is 5. The van der Waals surface area contributed by atoms with Gasteiger partial charge in [0.05, 0.1) is 5.69 Å². The van der Waals surface area contributed by atoms with Crippen LogP contribution in [0.2, 0.25) is 0 Å². The minimum Gasteiger partial charge on any atom is -0.480 e. The summed E-state index contributed by atoms with van der Waals surface area (Å²) in [7, 11) is 0. The van der Waals surface area contributed by atoms with Gasteiger partial charge in [-0.2, -0.15) is 0 Å². The normalized spacial score (nSPS) is 12.0. The van der Waals surface area contributed by atoms with Crippen LogP contribution in [-0.2, 0) is 16.1 Å². The van der Waals surface area contributed by atoms with Crippen molar-refractivity contribution in [3.05, 3.63) is 71.6 Å². The number of hydrogen-bond donors (Lipinski definition) is 4. The van der Waals surface area contributed by atoms with Crippen molar-refractivity contribution in [2.24, 2.45) is 0 Å². The maximum absolute atomic E-state index is 11.4. The van der Waals surface area contributed by atoms with Crippen LogP contribution in [0.3, 0.4) is 0 Å². The van der Waals surface area contributed by atoms with Crippen LogP contribution in [0.4, 0.5) is 0 Å². The van der Waals surface area contributed by atoms with Gasteiger partial charge in [-0.15, -0.1) is 0 Å². The largest absolute Gasteiger partial charge is 0.480 e. The van der Waals surface area contributed by atoms with E-state index in [1.807, 2.05) is 6.07 Å². The Bertz CT molecular complexity index is 714. The lowest BCUT2D eigenvalue weighted by Crippen LogP contribution is -2.28. The summed E-state index contributed by atoms with van der Waals surface area (Å²) in [5.41, 5.74) is 3.51. The summed E-state index contributed by atoms with van der Waals surface area (Å²) in [5.74, 6) is -1.60. The maximum Gasteiger partial charge on any atom is 0.325 e. The van der Waals surface area contributed by atoms with Crippen molar-refractivity contribution < 1.29 is 19.9 Å². The summed E-state index contributed by atoms with van der Waals surface area (Å²) < 4.78 is 0. The van der Waals surface area contributed by atoms with Crippen molar-refractivity contribution in [3.8, 4) is 0 Å². The van der Waals surface area contributed by atoms with E-state index in [2.05, 4.69) is 10.3 Å². The van der Waals surface area contributed by atoms with Crippen LogP contribution in [-0.4, -0.2) is 27.2 Å². The number of pyridine rings is 1. The van der Waals surface area contributed by atoms with E-state index in [9.17, 15) is 14.7 Å². The number of aromatic nitrogens is 1. The Labute approximate surface area is 138 Å². The Morgan fingerprint density at radius 3 is 2.50 bits per heavy atom. The molecule has 0 aliphatic carbocycles. The van der Waals surface area contributed by atoms with Crippen molar-refractivity contribution >= 4 is 18.0 Å². The highest BCUT2D eigenvalue weighted by atomic mass is 16.5. The SMILES string of the molecule is O=C(/C=C/c1ccc(CN[C@H](C(=O)O)c2ccccc2)cn1)NO. The van der Waals surface area contributed by atoms with Gasteiger partial charge in [0.2, 0.25) is 0 Å². The molecule has 0 fully saturated rings. The first-order valence-corrected chi connectivity index (χ1v) is 7.18. The molecule has 2 aromatic rings. The standard InChI is InChI=1S/C17H17N3O4/c21-15(20-24)9-8-14-7-6-12(10-18-14)11-19-16(17(22)23)13-4-2-1-3-5-13/h1-10,16,19,24H,11H2,(H,20,21)(H,22,23)/b9-8+/t16-/m0/s1. The Hall–Kier alpha value is -3.03. The van der Waals surface area contributed by atoms with Gasteiger partial charge < -0.3 is 5.11 Å². The van der Waals surface area contributed by atoms with Crippen molar-refractivity contribution in [1.29, 1.82) is 0 Å². The second-order valence-electron chi connectivity index (χ2n) is 4.96. The molecule has 0 aliphatic heterocycles. The first kappa shape index (κ1) is 17.3. The highest BCUT2D eigenvalue weighted by Crippen LogP contribution is 2.13. The molecule has 0 saturated heterocycles. The number of hydroxylamine groups is 1. The van der Waals surface area contributed by atoms with Crippen LogP contribution in [0.5, 0.6) is 0 Å². The number of carboxylic acid groups (broad SMARTS) is 1. The molecule has 1 amide bonds. The molecule has 4 N–H and O–H groups in total. The highest BCUT2D eigenvalue weighted by Gasteiger charge is 2.18. The van der Waals surface area contributed by atoms with Gasteiger partial charge in [0.15, 0.2) is 0 Å². The van der Waals surface area contributed by atoms with Crippen LogP contribution < -0.4 is 10.8 Å². The molecule has 1 atom stereocenters. The number of benzene rings is 1. The van der Waals surface area contributed by atoms with Gasteiger partial charge in [-0.05, 0) is 23.3 Å². The molecule has 0 aliphatic rings. The summed E-state index contributed by atoms with van der Waals surface area (Å²) in [6.45, 7) is 0.333. The number of nitrogens with zero attached hydrogens (tertiary/aromatic N) is 1. The third kappa shape index (κ3) is 5.01. The fourth-order valence-electron chi connectivity index (χ4n) is 2.05. The molecule has 0 radical (unpaired) electrons. The molecule has 0 unspecified atom stereocenters. The number of aliphatic carboxylic acids is 1. The van der Waals surface area contributed by atoms with E-state index in [4.69, 9.17) is 5.21 Å². The fraction of sp³-hybridized carbons (Fsp3) is 0.118. The second kappa shape index (κ2) is 8.56. The molecule has 2 rings (SSSR count). The van der Waals surface area contributed by atoms with Gasteiger partial charge in [-0.1, -0.05) is 36.4 Å². The molecule has 0 saturated carbocycles. The van der Waals surface area contributed by atoms with Gasteiger partial charge >= 0.3 is 5.97 Å². The monoisotopic (exact) mass is 327 g/mol. The van der Waals surface area contributed by atoms with Gasteiger partial charge in [0, 0.05) is 18.8 Å². The van der Waals surface area contributed by atoms with Crippen molar-refractivity contribution in [2.75, 3.05) is 0 Å². The van der Waals surface area contributed by atoms with Crippen molar-refractivity contribution in [3.63, 3.8) is 0 Å². The maximum atomic E-state index is 11.4. The number of amides is 1. The Kier molecular flexibility index (Phi) is 6.18. The Balaban J connectivity index is 1.99. The number of carboxylic acids is 1. The highest BCUT2D eigenvalue weighted by molar-refractivity contribution is 5.90. The van der Waals surface area contributed by atoms with Gasteiger partial charge in [-0.25, -0.2) is 5.48 Å². The van der Waals surface area contributed by atoms with Crippen LogP contribution in [0, 0.1) is 0 Å². The first-order valence-electron chi connectivity index (χ1n) is 7.18. The van der Waals surface area contributed by atoms with Crippen LogP contribution in [0.1, 0.15) is 22.9 Å². The van der Waals surface area contributed by atoms with Crippen LogP contribution in [0.15, 0.2) is 54.7 Å². The number of carbonyl (C=O) groups is 2. The summed E-state index contributed by atoms with van der Waals surface area (Å²) >= 11 is 0. The molecule has 124 valence electrons. The van der Waals surface area contributed by atoms with Crippen molar-refractivity contribution in [1.82, 2.24) is 15.8 Å². The number of nitrogens with one attached hydrogen (secondary N) is 2. The van der Waals surface area contributed by atoms with Crippen LogP contribution in [0.25, 0.3) is 6.08 Å². The average Bonchev–Trinajstić information content (AvgIpc) is 2.61. The quantitative estimate of drug-likeness (QED) is 0.348. The number of carbonyl (C=O) groups excluding carboxylic acids is 1. The lowest BCUT2D eigenvalue weighted by atomic mass is 10.1. The van der Waals surface area contributed by atoms with Gasteiger partial charge in [-0.3, -0.25) is 25.1 Å². The third-order valence-corrected chi connectivity index (χ3v) is 3.25. The minimum absolute atomic E-state index is 0.333. The molecule has 0 bridgehead atoms. The zero-order valence-electron chi connectivity index (χ0n) is 12.7. The molecule has 1 aromatic carbocycles. The van der Waals surface area contributed by atoms with E-state index in [-0.39, 0.29) is 0 Å². The fourth-order valence-corrected chi connectivity index (χ4v) is 2.05. The lowest BCUT2D eigenvalue weighted by Gasteiger charge is -2.14. The van der Waals surface area contributed by atoms with E-state index in [1.165, 1.54) is 11.6 Å². The van der Waals surface area contributed by atoms with Gasteiger partial charge in [0.1, 0.15) is 6.04 Å². The Morgan fingerprint density at radius 2 is 1.92 bits per heavy atom. The van der Waals surface area contributed by atoms with E-state index < -0.39 is 17.9 Å². The predicted molar refractivity (Wildman–Crippen MR) is 86.9 cm³/mol. The van der Waals surface area contributed by atoms with E-state index >= 15 is 0 Å². The number of rotatable bonds is 7. The summed E-state index contributed by atoms with van der Waals surface area (Å²) in [6.07, 6.45) is 4.19. The topological polar surface area (TPSA) is 112 Å². The van der Waals surface area contributed by atoms with E-state index in [1.54, 1.807) is 42.6 Å². The Morgan fingerprint density at radius 1 is 1.17 bits per heavy atom. The minimum atomic E-state index is -0.955. The lowest BCUT2D eigenvalue weighted by molar-refractivity contribution is -0.139. The third-order valence-electron chi connectivity index (χ3n) is 3.25.